The molecule has 0 aliphatic rings. The van der Waals surface area contributed by atoms with Gasteiger partial charge < -0.3 is 10.9 Å². The van der Waals surface area contributed by atoms with E-state index in [1.165, 1.54) is 0 Å². The molecule has 0 aromatic heterocycles. The van der Waals surface area contributed by atoms with Crippen molar-refractivity contribution >= 4 is 52.3 Å². The Labute approximate surface area is 181 Å². The molecule has 20 heavy (non-hydrogen) atoms. The standard InChI is InChI=1S/C13H7Cl3O2S.K.H/c14-8-2-1-3-10(6-8)17-13(19)18-12-7-9(15)4-5-11(12)16;;/h1-7H;;/q;+1;-1. The Morgan fingerprint density at radius 1 is 0.950 bits per heavy atom. The summed E-state index contributed by atoms with van der Waals surface area (Å²) in [7, 11) is 0. The van der Waals surface area contributed by atoms with E-state index >= 15 is 0 Å². The SMILES string of the molecule is S=C(Oc1cccc(Cl)c1)Oc1cc(Cl)ccc1Cl.[H-].[K+]. The van der Waals surface area contributed by atoms with Crippen molar-refractivity contribution in [2.24, 2.45) is 0 Å². The molecule has 0 amide bonds. The molecule has 2 nitrogen and oxygen atoms in total. The third-order valence-corrected chi connectivity index (χ3v) is 3.03. The van der Waals surface area contributed by atoms with E-state index in [1.807, 2.05) is 0 Å². The molecule has 0 saturated heterocycles. The zero-order valence-corrected chi connectivity index (χ0v) is 16.6. The van der Waals surface area contributed by atoms with E-state index in [1.54, 1.807) is 42.5 Å². The van der Waals surface area contributed by atoms with Gasteiger partial charge in [-0.1, -0.05) is 40.9 Å². The van der Waals surface area contributed by atoms with E-state index in [0.29, 0.717) is 26.6 Å². The maximum absolute atomic E-state index is 5.95. The van der Waals surface area contributed by atoms with Crippen molar-refractivity contribution in [3.63, 3.8) is 0 Å². The van der Waals surface area contributed by atoms with Crippen LogP contribution in [0.25, 0.3) is 0 Å². The first kappa shape index (κ1) is 18.7. The summed E-state index contributed by atoms with van der Waals surface area (Å²) in [5.41, 5.74) is 0. The van der Waals surface area contributed by atoms with Gasteiger partial charge in [0.25, 0.3) is 0 Å². The summed E-state index contributed by atoms with van der Waals surface area (Å²) >= 11 is 22.6. The number of ether oxygens (including phenoxy) is 2. The first-order valence-electron chi connectivity index (χ1n) is 5.15. The predicted molar refractivity (Wildman–Crippen MR) is 82.9 cm³/mol. The number of thiocarbonyl (C=S) groups is 1. The average molecular weight is 374 g/mol. The van der Waals surface area contributed by atoms with Gasteiger partial charge in [0.2, 0.25) is 0 Å². The normalized spacial score (nSPS) is 9.55. The van der Waals surface area contributed by atoms with Crippen LogP contribution in [0, 0.1) is 0 Å². The minimum absolute atomic E-state index is 0. The van der Waals surface area contributed by atoms with Crippen LogP contribution in [-0.4, -0.2) is 5.24 Å². The van der Waals surface area contributed by atoms with Crippen LogP contribution < -0.4 is 60.9 Å². The van der Waals surface area contributed by atoms with Gasteiger partial charge in [-0.2, -0.15) is 0 Å². The minimum atomic E-state index is -0.0913. The molecule has 0 saturated carbocycles. The van der Waals surface area contributed by atoms with E-state index in [2.05, 4.69) is 0 Å². The summed E-state index contributed by atoms with van der Waals surface area (Å²) in [5, 5.41) is 1.33. The van der Waals surface area contributed by atoms with E-state index in [-0.39, 0.29) is 58.0 Å². The Morgan fingerprint density at radius 3 is 2.35 bits per heavy atom. The molecule has 0 bridgehead atoms. The second kappa shape index (κ2) is 8.93. The molecule has 0 unspecified atom stereocenters. The second-order valence-corrected chi connectivity index (χ2v) is 5.10. The Hall–Kier alpha value is 0.636. The summed E-state index contributed by atoms with van der Waals surface area (Å²) in [4.78, 5) is 0. The van der Waals surface area contributed by atoms with E-state index in [9.17, 15) is 0 Å². The summed E-state index contributed by atoms with van der Waals surface area (Å²) in [6.45, 7) is 0. The number of halogens is 3. The molecular weight excluding hydrogens is 366 g/mol. The van der Waals surface area contributed by atoms with E-state index in [4.69, 9.17) is 56.5 Å². The molecule has 100 valence electrons. The molecule has 0 atom stereocenters. The van der Waals surface area contributed by atoms with Gasteiger partial charge in [-0.15, -0.1) is 0 Å². The summed E-state index contributed by atoms with van der Waals surface area (Å²) in [6, 6.07) is 11.6. The Morgan fingerprint density at radius 2 is 1.65 bits per heavy atom. The topological polar surface area (TPSA) is 18.5 Å². The van der Waals surface area contributed by atoms with Crippen molar-refractivity contribution in [3.05, 3.63) is 57.5 Å². The van der Waals surface area contributed by atoms with Crippen LogP contribution in [-0.2, 0) is 0 Å². The van der Waals surface area contributed by atoms with Crippen molar-refractivity contribution in [2.75, 3.05) is 0 Å². The van der Waals surface area contributed by atoms with Crippen molar-refractivity contribution in [1.29, 1.82) is 0 Å². The number of benzene rings is 2. The fourth-order valence-electron chi connectivity index (χ4n) is 1.29. The fourth-order valence-corrected chi connectivity index (χ4v) is 1.98. The number of rotatable bonds is 2. The third-order valence-electron chi connectivity index (χ3n) is 2.08. The molecule has 2 aromatic carbocycles. The zero-order valence-electron chi connectivity index (χ0n) is 11.4. The van der Waals surface area contributed by atoms with Gasteiger partial charge in [-0.25, -0.2) is 0 Å². The predicted octanol–water partition coefficient (Wildman–Crippen LogP) is 2.51. The summed E-state index contributed by atoms with van der Waals surface area (Å²) in [6.07, 6.45) is 0. The monoisotopic (exact) mass is 372 g/mol. The molecule has 0 radical (unpaired) electrons. The largest absolute Gasteiger partial charge is 1.00 e. The molecule has 0 spiro atoms. The molecule has 0 aliphatic heterocycles. The molecule has 0 fully saturated rings. The third kappa shape index (κ3) is 5.79. The van der Waals surface area contributed by atoms with E-state index in [0.717, 1.165) is 0 Å². The molecular formula is C13H8Cl3KO2S. The quantitative estimate of drug-likeness (QED) is 0.595. The molecule has 7 heteroatoms. The molecule has 0 heterocycles. The first-order chi connectivity index (χ1) is 9.04. The van der Waals surface area contributed by atoms with Crippen LogP contribution in [0.1, 0.15) is 1.43 Å². The van der Waals surface area contributed by atoms with Crippen LogP contribution in [0.5, 0.6) is 11.5 Å². The molecule has 2 rings (SSSR count). The molecule has 0 aliphatic carbocycles. The van der Waals surface area contributed by atoms with Gasteiger partial charge in [0.15, 0.2) is 5.75 Å². The van der Waals surface area contributed by atoms with Gasteiger partial charge in [0, 0.05) is 28.3 Å². The average Bonchev–Trinajstić information content (AvgIpc) is 2.34. The van der Waals surface area contributed by atoms with Crippen molar-refractivity contribution in [2.45, 2.75) is 0 Å². The van der Waals surface area contributed by atoms with Gasteiger partial charge >= 0.3 is 56.6 Å². The smallest absolute Gasteiger partial charge is 1.00 e. The first-order valence-corrected chi connectivity index (χ1v) is 6.69. The maximum Gasteiger partial charge on any atom is 1.00 e. The van der Waals surface area contributed by atoms with Crippen LogP contribution in [0.4, 0.5) is 0 Å². The van der Waals surface area contributed by atoms with Crippen LogP contribution in [0.15, 0.2) is 42.5 Å². The number of hydrogen-bond acceptors (Lipinski definition) is 3. The summed E-state index contributed by atoms with van der Waals surface area (Å²) < 4.78 is 10.6. The van der Waals surface area contributed by atoms with Crippen LogP contribution in [0.3, 0.4) is 0 Å². The molecule has 2 aromatic rings. The van der Waals surface area contributed by atoms with Crippen molar-refractivity contribution in [1.82, 2.24) is 0 Å². The summed E-state index contributed by atoms with van der Waals surface area (Å²) in [5.74, 6) is 0.817. The van der Waals surface area contributed by atoms with Gasteiger partial charge in [0.05, 0.1) is 5.02 Å². The van der Waals surface area contributed by atoms with E-state index < -0.39 is 0 Å². The van der Waals surface area contributed by atoms with Gasteiger partial charge in [-0.3, -0.25) is 0 Å². The van der Waals surface area contributed by atoms with Gasteiger partial charge in [0.1, 0.15) is 5.75 Å². The van der Waals surface area contributed by atoms with Crippen LogP contribution >= 0.6 is 47.0 Å². The second-order valence-electron chi connectivity index (χ2n) is 3.49. The Kier molecular flexibility index (Phi) is 8.34. The van der Waals surface area contributed by atoms with Crippen LogP contribution in [0.2, 0.25) is 15.1 Å². The van der Waals surface area contributed by atoms with Gasteiger partial charge in [-0.05, 0) is 30.3 Å². The zero-order chi connectivity index (χ0) is 13.8. The number of hydrogen-bond donors (Lipinski definition) is 0. The Balaban J connectivity index is 0.00000200. The molecule has 0 N–H and O–H groups in total. The minimum Gasteiger partial charge on any atom is -1.00 e. The van der Waals surface area contributed by atoms with Crippen molar-refractivity contribution < 1.29 is 62.3 Å². The van der Waals surface area contributed by atoms with Crippen molar-refractivity contribution in [3.8, 4) is 11.5 Å². The Bertz CT molecular complexity index is 628. The fraction of sp³-hybridized carbons (Fsp3) is 0. The maximum atomic E-state index is 5.95.